The van der Waals surface area contributed by atoms with Crippen LogP contribution < -0.4 is 0 Å². The molecule has 1 aromatic carbocycles. The minimum atomic E-state index is 0.0356. The van der Waals surface area contributed by atoms with Crippen LogP contribution in [0.3, 0.4) is 0 Å². The van der Waals surface area contributed by atoms with Gasteiger partial charge in [0, 0.05) is 12.0 Å². The molecule has 2 nitrogen and oxygen atoms in total. The third-order valence-electron chi connectivity index (χ3n) is 2.65. The molecule has 0 atom stereocenters. The molecule has 0 radical (unpaired) electrons. The summed E-state index contributed by atoms with van der Waals surface area (Å²) < 4.78 is 5.25. The van der Waals surface area contributed by atoms with Crippen LogP contribution in [0.1, 0.15) is 23.2 Å². The lowest BCUT2D eigenvalue weighted by atomic mass is 9.97. The van der Waals surface area contributed by atoms with Crippen molar-refractivity contribution in [2.24, 2.45) is 0 Å². The second-order valence-corrected chi connectivity index (χ2v) is 3.68. The van der Waals surface area contributed by atoms with Crippen molar-refractivity contribution in [3.8, 4) is 0 Å². The predicted octanol–water partition coefficient (Wildman–Crippen LogP) is 3.12. The summed E-state index contributed by atoms with van der Waals surface area (Å²) >= 11 is 0. The highest BCUT2D eigenvalue weighted by Crippen LogP contribution is 2.22. The summed E-state index contributed by atoms with van der Waals surface area (Å²) in [5.74, 6) is 0.824. The Bertz CT molecular complexity index is 441. The Morgan fingerprint density at radius 3 is 2.69 bits per heavy atom. The van der Waals surface area contributed by atoms with E-state index in [-0.39, 0.29) is 5.78 Å². The molecule has 0 N–H and O–H groups in total. The molecular weight excluding hydrogens is 200 g/mol. The van der Waals surface area contributed by atoms with E-state index in [1.807, 2.05) is 42.5 Å². The quantitative estimate of drug-likeness (QED) is 0.722. The molecule has 1 aliphatic carbocycles. The molecule has 0 heterocycles. The lowest BCUT2D eigenvalue weighted by Crippen LogP contribution is -2.08. The van der Waals surface area contributed by atoms with Gasteiger partial charge in [0.25, 0.3) is 0 Å². The van der Waals surface area contributed by atoms with E-state index >= 15 is 0 Å². The third kappa shape index (κ3) is 2.06. The Labute approximate surface area is 95.2 Å². The average molecular weight is 214 g/mol. The summed E-state index contributed by atoms with van der Waals surface area (Å²) in [4.78, 5) is 12.2. The van der Waals surface area contributed by atoms with Crippen molar-refractivity contribution in [3.63, 3.8) is 0 Å². The Hall–Kier alpha value is -1.83. The topological polar surface area (TPSA) is 26.3 Å². The number of methoxy groups -OCH3 is 1. The lowest BCUT2D eigenvalue weighted by Gasteiger charge is -2.13. The van der Waals surface area contributed by atoms with Crippen molar-refractivity contribution in [1.82, 2.24) is 0 Å². The molecule has 0 amide bonds. The maximum atomic E-state index is 12.2. The maximum absolute atomic E-state index is 12.2. The van der Waals surface area contributed by atoms with Crippen molar-refractivity contribution < 1.29 is 9.53 Å². The maximum Gasteiger partial charge on any atom is 0.196 e. The number of rotatable bonds is 3. The predicted molar refractivity (Wildman–Crippen MR) is 63.2 cm³/mol. The summed E-state index contributed by atoms with van der Waals surface area (Å²) in [6, 6.07) is 9.29. The van der Waals surface area contributed by atoms with E-state index < -0.39 is 0 Å². The van der Waals surface area contributed by atoms with Gasteiger partial charge in [-0.2, -0.15) is 0 Å². The van der Waals surface area contributed by atoms with Gasteiger partial charge < -0.3 is 4.74 Å². The monoisotopic (exact) mass is 214 g/mol. The summed E-state index contributed by atoms with van der Waals surface area (Å²) in [6.45, 7) is 0. The summed E-state index contributed by atoms with van der Waals surface area (Å²) in [5.41, 5.74) is 1.39. The summed E-state index contributed by atoms with van der Waals surface area (Å²) in [7, 11) is 1.62. The number of hydrogen-bond acceptors (Lipinski definition) is 2. The van der Waals surface area contributed by atoms with Crippen LogP contribution in [0, 0.1) is 0 Å². The van der Waals surface area contributed by atoms with Crippen LogP contribution in [0.25, 0.3) is 0 Å². The van der Waals surface area contributed by atoms with Gasteiger partial charge in [-0.1, -0.05) is 42.5 Å². The van der Waals surface area contributed by atoms with Gasteiger partial charge in [-0.3, -0.25) is 4.79 Å². The van der Waals surface area contributed by atoms with Crippen molar-refractivity contribution >= 4 is 5.78 Å². The second-order valence-electron chi connectivity index (χ2n) is 3.68. The molecule has 0 aliphatic heterocycles. The van der Waals surface area contributed by atoms with E-state index in [0.29, 0.717) is 11.1 Å². The number of hydrogen-bond donors (Lipinski definition) is 0. The Balaban J connectivity index is 2.35. The molecule has 0 saturated carbocycles. The zero-order valence-corrected chi connectivity index (χ0v) is 9.27. The molecule has 0 bridgehead atoms. The fourth-order valence-electron chi connectivity index (χ4n) is 1.80. The van der Waals surface area contributed by atoms with Crippen molar-refractivity contribution in [1.29, 1.82) is 0 Å². The highest BCUT2D eigenvalue weighted by molar-refractivity contribution is 6.10. The second kappa shape index (κ2) is 4.79. The first-order valence-electron chi connectivity index (χ1n) is 5.36. The molecule has 0 fully saturated rings. The third-order valence-corrected chi connectivity index (χ3v) is 2.65. The highest BCUT2D eigenvalue weighted by Gasteiger charge is 2.17. The molecule has 1 aromatic rings. The first-order chi connectivity index (χ1) is 7.83. The number of ketones is 1. The minimum Gasteiger partial charge on any atom is -0.500 e. The Kier molecular flexibility index (Phi) is 3.20. The van der Waals surface area contributed by atoms with Gasteiger partial charge in [0.05, 0.1) is 12.7 Å². The zero-order valence-electron chi connectivity index (χ0n) is 9.27. The molecule has 16 heavy (non-hydrogen) atoms. The molecule has 0 unspecified atom stereocenters. The van der Waals surface area contributed by atoms with E-state index in [1.54, 1.807) is 7.11 Å². The van der Waals surface area contributed by atoms with Gasteiger partial charge in [-0.15, -0.1) is 0 Å². The summed E-state index contributed by atoms with van der Waals surface area (Å²) in [6.07, 6.45) is 5.62. The van der Waals surface area contributed by atoms with Crippen LogP contribution in [-0.2, 0) is 4.74 Å². The van der Waals surface area contributed by atoms with Gasteiger partial charge >= 0.3 is 0 Å². The molecule has 1 aliphatic rings. The fourth-order valence-corrected chi connectivity index (χ4v) is 1.80. The van der Waals surface area contributed by atoms with E-state index in [0.717, 1.165) is 18.6 Å². The van der Waals surface area contributed by atoms with Crippen LogP contribution in [0.15, 0.2) is 53.8 Å². The van der Waals surface area contributed by atoms with Crippen LogP contribution in [-0.4, -0.2) is 12.9 Å². The van der Waals surface area contributed by atoms with Crippen LogP contribution in [0.4, 0.5) is 0 Å². The van der Waals surface area contributed by atoms with Crippen molar-refractivity contribution in [2.75, 3.05) is 7.11 Å². The standard InChI is InChI=1S/C14H14O2/c1-16-13-10-6-5-9-12(13)14(15)11-7-3-2-4-8-11/h2-5,7-9H,6,10H2,1H3. The van der Waals surface area contributed by atoms with E-state index in [4.69, 9.17) is 4.74 Å². The number of carbonyl (C=O) groups excluding carboxylic acids is 1. The van der Waals surface area contributed by atoms with Gasteiger partial charge in [0.2, 0.25) is 0 Å². The number of allylic oxidation sites excluding steroid dienone is 4. The van der Waals surface area contributed by atoms with Crippen LogP contribution in [0.2, 0.25) is 0 Å². The fraction of sp³-hybridized carbons (Fsp3) is 0.214. The smallest absolute Gasteiger partial charge is 0.196 e. The van der Waals surface area contributed by atoms with E-state index in [9.17, 15) is 4.79 Å². The van der Waals surface area contributed by atoms with Crippen molar-refractivity contribution in [3.05, 3.63) is 59.4 Å². The highest BCUT2D eigenvalue weighted by atomic mass is 16.5. The number of benzene rings is 1. The SMILES string of the molecule is COC1=C(C(=O)c2ccccc2)C=CCC1. The van der Waals surface area contributed by atoms with Gasteiger partial charge in [0.15, 0.2) is 5.78 Å². The minimum absolute atomic E-state index is 0.0356. The lowest BCUT2D eigenvalue weighted by molar-refractivity contribution is 0.102. The molecule has 0 spiro atoms. The van der Waals surface area contributed by atoms with Crippen molar-refractivity contribution in [2.45, 2.75) is 12.8 Å². The largest absolute Gasteiger partial charge is 0.500 e. The van der Waals surface area contributed by atoms with Gasteiger partial charge in [-0.25, -0.2) is 0 Å². The number of Topliss-reactive ketones (excluding diaryl/α,β-unsaturated/α-hetero) is 1. The first-order valence-corrected chi connectivity index (χ1v) is 5.36. The Morgan fingerprint density at radius 2 is 2.00 bits per heavy atom. The molecule has 0 aromatic heterocycles. The number of ether oxygens (including phenoxy) is 1. The molecule has 82 valence electrons. The molecule has 2 rings (SSSR count). The van der Waals surface area contributed by atoms with E-state index in [2.05, 4.69) is 0 Å². The summed E-state index contributed by atoms with van der Waals surface area (Å²) in [5, 5.41) is 0. The molecular formula is C14H14O2. The van der Waals surface area contributed by atoms with Gasteiger partial charge in [-0.05, 0) is 6.42 Å². The molecule has 0 saturated heterocycles. The van der Waals surface area contributed by atoms with Gasteiger partial charge in [0.1, 0.15) is 5.76 Å². The van der Waals surface area contributed by atoms with Crippen LogP contribution in [0.5, 0.6) is 0 Å². The Morgan fingerprint density at radius 1 is 1.25 bits per heavy atom. The molecule has 2 heteroatoms. The normalized spacial score (nSPS) is 15.1. The first kappa shape index (κ1) is 10.7. The average Bonchev–Trinajstić information content (AvgIpc) is 2.39. The van der Waals surface area contributed by atoms with E-state index in [1.165, 1.54) is 0 Å². The zero-order chi connectivity index (χ0) is 11.4. The van der Waals surface area contributed by atoms with Crippen LogP contribution >= 0.6 is 0 Å². The number of carbonyl (C=O) groups is 1.